The van der Waals surface area contributed by atoms with E-state index in [1.54, 1.807) is 18.4 Å². The highest BCUT2D eigenvalue weighted by atomic mass is 35.5. The summed E-state index contributed by atoms with van der Waals surface area (Å²) < 4.78 is 7.43. The number of alkyl halides is 1. The summed E-state index contributed by atoms with van der Waals surface area (Å²) >= 11 is 7.95. The van der Waals surface area contributed by atoms with E-state index in [9.17, 15) is 0 Å². The lowest BCUT2D eigenvalue weighted by atomic mass is 10.3. The average molecular weight is 322 g/mol. The Labute approximate surface area is 132 Å². The summed E-state index contributed by atoms with van der Waals surface area (Å²) in [6, 6.07) is 5.86. The molecule has 0 fully saturated rings. The van der Waals surface area contributed by atoms with Crippen LogP contribution >= 0.6 is 22.9 Å². The van der Waals surface area contributed by atoms with E-state index in [1.807, 2.05) is 32.0 Å². The first kappa shape index (κ1) is 14.4. The maximum Gasteiger partial charge on any atom is 0.128 e. The first-order chi connectivity index (χ1) is 10.1. The zero-order valence-electron chi connectivity index (χ0n) is 12.1. The molecule has 0 amide bonds. The Kier molecular flexibility index (Phi) is 3.87. The highest BCUT2D eigenvalue weighted by Gasteiger charge is 2.16. The van der Waals surface area contributed by atoms with Gasteiger partial charge in [0.2, 0.25) is 0 Å². The Bertz CT molecular complexity index is 778. The molecule has 2 aromatic heterocycles. The number of aryl methyl sites for hydroxylation is 1. The monoisotopic (exact) mass is 321 g/mol. The molecule has 0 N–H and O–H groups in total. The van der Waals surface area contributed by atoms with Gasteiger partial charge in [-0.05, 0) is 26.0 Å². The summed E-state index contributed by atoms with van der Waals surface area (Å²) in [6.07, 6.45) is 0. The number of aromatic nitrogens is 3. The van der Waals surface area contributed by atoms with E-state index in [1.165, 1.54) is 0 Å². The van der Waals surface area contributed by atoms with Crippen molar-refractivity contribution in [3.8, 4) is 5.75 Å². The zero-order valence-corrected chi connectivity index (χ0v) is 13.7. The maximum atomic E-state index is 6.29. The van der Waals surface area contributed by atoms with Crippen molar-refractivity contribution in [1.29, 1.82) is 0 Å². The number of halogens is 1. The number of hydrogen-bond donors (Lipinski definition) is 0. The minimum atomic E-state index is -0.163. The molecule has 3 aromatic rings. The molecule has 0 radical (unpaired) electrons. The normalized spacial score (nSPS) is 12.8. The number of benzene rings is 1. The molecule has 1 aromatic carbocycles. The minimum Gasteiger partial charge on any atom is -0.497 e. The van der Waals surface area contributed by atoms with Crippen molar-refractivity contribution >= 4 is 34.0 Å². The van der Waals surface area contributed by atoms with Crippen molar-refractivity contribution in [2.75, 3.05) is 7.11 Å². The van der Waals surface area contributed by atoms with Crippen LogP contribution in [0.15, 0.2) is 23.6 Å². The Morgan fingerprint density at radius 3 is 2.81 bits per heavy atom. The van der Waals surface area contributed by atoms with Crippen LogP contribution in [0, 0.1) is 6.92 Å². The van der Waals surface area contributed by atoms with Gasteiger partial charge in [-0.2, -0.15) is 0 Å². The number of imidazole rings is 1. The quantitative estimate of drug-likeness (QED) is 0.677. The van der Waals surface area contributed by atoms with E-state index in [2.05, 4.69) is 19.9 Å². The molecule has 0 bridgehead atoms. The number of fused-ring (bicyclic) bond motifs is 1. The summed E-state index contributed by atoms with van der Waals surface area (Å²) in [5.74, 6) is 1.67. The molecular weight excluding hydrogens is 306 g/mol. The van der Waals surface area contributed by atoms with Gasteiger partial charge >= 0.3 is 0 Å². The second-order valence-corrected chi connectivity index (χ2v) is 6.51. The molecule has 0 aliphatic rings. The molecule has 0 aliphatic heterocycles. The van der Waals surface area contributed by atoms with Crippen LogP contribution < -0.4 is 4.74 Å². The highest BCUT2D eigenvalue weighted by molar-refractivity contribution is 7.09. The van der Waals surface area contributed by atoms with Crippen molar-refractivity contribution in [2.45, 2.75) is 25.8 Å². The summed E-state index contributed by atoms with van der Waals surface area (Å²) in [6.45, 7) is 4.61. The van der Waals surface area contributed by atoms with Crippen molar-refractivity contribution in [3.63, 3.8) is 0 Å². The summed E-state index contributed by atoms with van der Waals surface area (Å²) in [4.78, 5) is 9.17. The first-order valence-electron chi connectivity index (χ1n) is 6.67. The first-order valence-corrected chi connectivity index (χ1v) is 7.99. The van der Waals surface area contributed by atoms with Gasteiger partial charge in [0.15, 0.2) is 0 Å². The van der Waals surface area contributed by atoms with Crippen LogP contribution in [0.25, 0.3) is 11.0 Å². The second-order valence-electron chi connectivity index (χ2n) is 4.91. The van der Waals surface area contributed by atoms with Crippen molar-refractivity contribution in [3.05, 3.63) is 40.1 Å². The molecular formula is C15H16ClN3OS. The standard InChI is InChI=1S/C15H16ClN3OS/c1-9-8-21-14(17-9)7-19-13-6-11(20-3)4-5-12(13)18-15(19)10(2)16/h4-6,8,10H,7H2,1-3H3. The molecule has 4 nitrogen and oxygen atoms in total. The van der Waals surface area contributed by atoms with Crippen LogP contribution in [0.2, 0.25) is 0 Å². The summed E-state index contributed by atoms with van der Waals surface area (Å²) in [5, 5.41) is 2.94. The van der Waals surface area contributed by atoms with Gasteiger partial charge < -0.3 is 9.30 Å². The number of nitrogens with zero attached hydrogens (tertiary/aromatic N) is 3. The van der Waals surface area contributed by atoms with E-state index in [0.717, 1.165) is 33.3 Å². The van der Waals surface area contributed by atoms with Gasteiger partial charge in [0, 0.05) is 17.1 Å². The zero-order chi connectivity index (χ0) is 15.0. The Morgan fingerprint density at radius 1 is 1.38 bits per heavy atom. The molecule has 0 saturated heterocycles. The molecule has 110 valence electrons. The molecule has 3 rings (SSSR count). The topological polar surface area (TPSA) is 39.9 Å². The van der Waals surface area contributed by atoms with Gasteiger partial charge in [-0.15, -0.1) is 22.9 Å². The number of thiazole rings is 1. The molecule has 0 aliphatic carbocycles. The maximum absolute atomic E-state index is 6.29. The van der Waals surface area contributed by atoms with E-state index in [-0.39, 0.29) is 5.38 Å². The average Bonchev–Trinajstić information content (AvgIpc) is 3.03. The van der Waals surface area contributed by atoms with Crippen LogP contribution in [0.1, 0.15) is 28.8 Å². The fraction of sp³-hybridized carbons (Fsp3) is 0.333. The Balaban J connectivity index is 2.14. The van der Waals surface area contributed by atoms with Gasteiger partial charge in [0.1, 0.15) is 16.6 Å². The molecule has 6 heteroatoms. The van der Waals surface area contributed by atoms with Gasteiger partial charge in [-0.1, -0.05) is 0 Å². The predicted octanol–water partition coefficient (Wildman–Crippen LogP) is 4.16. The summed E-state index contributed by atoms with van der Waals surface area (Å²) in [7, 11) is 1.66. The van der Waals surface area contributed by atoms with E-state index >= 15 is 0 Å². The fourth-order valence-corrected chi connectivity index (χ4v) is 3.25. The van der Waals surface area contributed by atoms with Crippen LogP contribution in [-0.2, 0) is 6.54 Å². The third-order valence-corrected chi connectivity index (χ3v) is 4.45. The van der Waals surface area contributed by atoms with Gasteiger partial charge in [-0.3, -0.25) is 0 Å². The lowest BCUT2D eigenvalue weighted by Crippen LogP contribution is -2.05. The van der Waals surface area contributed by atoms with E-state index < -0.39 is 0 Å². The second kappa shape index (κ2) is 5.66. The van der Waals surface area contributed by atoms with Crippen molar-refractivity contribution < 1.29 is 4.74 Å². The number of hydrogen-bond acceptors (Lipinski definition) is 4. The predicted molar refractivity (Wildman–Crippen MR) is 86.5 cm³/mol. The van der Waals surface area contributed by atoms with Gasteiger partial charge in [-0.25, -0.2) is 9.97 Å². The minimum absolute atomic E-state index is 0.163. The Morgan fingerprint density at radius 2 is 2.19 bits per heavy atom. The molecule has 2 heterocycles. The Hall–Kier alpha value is -1.59. The SMILES string of the molecule is COc1ccc2nc(C(C)Cl)n(Cc3nc(C)cs3)c2c1. The fourth-order valence-electron chi connectivity index (χ4n) is 2.33. The van der Waals surface area contributed by atoms with Crippen LogP contribution in [0.4, 0.5) is 0 Å². The number of methoxy groups -OCH3 is 1. The highest BCUT2D eigenvalue weighted by Crippen LogP contribution is 2.28. The molecule has 1 atom stereocenters. The smallest absolute Gasteiger partial charge is 0.128 e. The summed E-state index contributed by atoms with van der Waals surface area (Å²) in [5.41, 5.74) is 2.98. The van der Waals surface area contributed by atoms with Gasteiger partial charge in [0.25, 0.3) is 0 Å². The van der Waals surface area contributed by atoms with Crippen LogP contribution in [-0.4, -0.2) is 21.6 Å². The van der Waals surface area contributed by atoms with E-state index in [4.69, 9.17) is 16.3 Å². The molecule has 0 saturated carbocycles. The van der Waals surface area contributed by atoms with Crippen LogP contribution in [0.5, 0.6) is 5.75 Å². The lowest BCUT2D eigenvalue weighted by Gasteiger charge is -2.09. The van der Waals surface area contributed by atoms with E-state index in [0.29, 0.717) is 6.54 Å². The third kappa shape index (κ3) is 2.76. The molecule has 1 unspecified atom stereocenters. The molecule has 0 spiro atoms. The largest absolute Gasteiger partial charge is 0.497 e. The third-order valence-electron chi connectivity index (χ3n) is 3.30. The van der Waals surface area contributed by atoms with Crippen molar-refractivity contribution in [2.24, 2.45) is 0 Å². The van der Waals surface area contributed by atoms with Crippen LogP contribution in [0.3, 0.4) is 0 Å². The van der Waals surface area contributed by atoms with Crippen molar-refractivity contribution in [1.82, 2.24) is 14.5 Å². The number of rotatable bonds is 4. The lowest BCUT2D eigenvalue weighted by molar-refractivity contribution is 0.415. The van der Waals surface area contributed by atoms with Gasteiger partial charge in [0.05, 0.1) is 30.1 Å². The number of ether oxygens (including phenoxy) is 1. The molecule has 21 heavy (non-hydrogen) atoms.